The normalized spacial score (nSPS) is 14.7. The van der Waals surface area contributed by atoms with Gasteiger partial charge in [0.1, 0.15) is 22.9 Å². The predicted molar refractivity (Wildman–Crippen MR) is 149 cm³/mol. The zero-order valence-electron chi connectivity index (χ0n) is 21.1. The van der Waals surface area contributed by atoms with Gasteiger partial charge in [-0.2, -0.15) is 0 Å². The fourth-order valence-corrected chi connectivity index (χ4v) is 5.09. The highest BCUT2D eigenvalue weighted by molar-refractivity contribution is 9.10. The second-order valence-corrected chi connectivity index (χ2v) is 11.5. The summed E-state index contributed by atoms with van der Waals surface area (Å²) in [5, 5.41) is 3.78. The van der Waals surface area contributed by atoms with Crippen LogP contribution < -0.4 is 10.1 Å². The first kappa shape index (κ1) is 24.6. The van der Waals surface area contributed by atoms with Gasteiger partial charge < -0.3 is 10.1 Å². The van der Waals surface area contributed by atoms with Crippen molar-refractivity contribution in [2.45, 2.75) is 64.3 Å². The number of hydrogen-bond acceptors (Lipinski definition) is 4. The standard InChI is InChI=1S/C30H32BrN3O2/c1-30(2,3)22-13-9-21(10-14-22)29(35)36-25-16-11-20(12-17-25)27-28(32-24-7-5-4-6-8-24)34-19-23(31)15-18-26(34)33-27/h9-19,24,32H,4-8H2,1-3H3. The van der Waals surface area contributed by atoms with Gasteiger partial charge in [0, 0.05) is 22.3 Å². The van der Waals surface area contributed by atoms with Crippen molar-refractivity contribution >= 4 is 33.4 Å². The van der Waals surface area contributed by atoms with Gasteiger partial charge in [-0.05, 0) is 88.3 Å². The molecule has 0 radical (unpaired) electrons. The van der Waals surface area contributed by atoms with Crippen molar-refractivity contribution in [1.29, 1.82) is 0 Å². The van der Waals surface area contributed by atoms with Crippen molar-refractivity contribution in [3.05, 3.63) is 82.5 Å². The van der Waals surface area contributed by atoms with E-state index in [0.29, 0.717) is 17.4 Å². The molecule has 5 nitrogen and oxygen atoms in total. The minimum Gasteiger partial charge on any atom is -0.423 e. The maximum atomic E-state index is 12.7. The predicted octanol–water partition coefficient (Wildman–Crippen LogP) is 8.03. The quantitative estimate of drug-likeness (QED) is 0.203. The fraction of sp³-hybridized carbons (Fsp3) is 0.333. The lowest BCUT2D eigenvalue weighted by Crippen LogP contribution is -2.23. The van der Waals surface area contributed by atoms with Crippen LogP contribution >= 0.6 is 15.9 Å². The number of fused-ring (bicyclic) bond motifs is 1. The van der Waals surface area contributed by atoms with Crippen molar-refractivity contribution in [2.75, 3.05) is 5.32 Å². The SMILES string of the molecule is CC(C)(C)c1ccc(C(=O)Oc2ccc(-c3nc4ccc(Br)cn4c3NC3CCCCC3)cc2)cc1. The smallest absolute Gasteiger partial charge is 0.343 e. The van der Waals surface area contributed by atoms with E-state index in [1.54, 1.807) is 0 Å². The van der Waals surface area contributed by atoms with Crippen LogP contribution in [-0.2, 0) is 5.41 Å². The van der Waals surface area contributed by atoms with Crippen molar-refractivity contribution in [3.63, 3.8) is 0 Å². The molecule has 0 saturated heterocycles. The van der Waals surface area contributed by atoms with Crippen molar-refractivity contribution < 1.29 is 9.53 Å². The number of pyridine rings is 1. The van der Waals surface area contributed by atoms with Gasteiger partial charge in [-0.25, -0.2) is 9.78 Å². The van der Waals surface area contributed by atoms with Gasteiger partial charge in [0.15, 0.2) is 0 Å². The number of nitrogens with zero attached hydrogens (tertiary/aromatic N) is 2. The van der Waals surface area contributed by atoms with E-state index >= 15 is 0 Å². The number of nitrogens with one attached hydrogen (secondary N) is 1. The Labute approximate surface area is 221 Å². The highest BCUT2D eigenvalue weighted by Gasteiger charge is 2.20. The second-order valence-electron chi connectivity index (χ2n) is 10.6. The molecule has 1 aliphatic carbocycles. The molecule has 1 saturated carbocycles. The van der Waals surface area contributed by atoms with Crippen LogP contribution in [0.5, 0.6) is 5.75 Å². The summed E-state index contributed by atoms with van der Waals surface area (Å²) in [6.07, 6.45) is 8.22. The Bertz CT molecular complexity index is 1360. The molecule has 0 atom stereocenters. The minimum absolute atomic E-state index is 0.0387. The van der Waals surface area contributed by atoms with Crippen molar-refractivity contribution in [1.82, 2.24) is 9.38 Å². The zero-order chi connectivity index (χ0) is 25.3. The molecule has 186 valence electrons. The van der Waals surface area contributed by atoms with Gasteiger partial charge in [0.25, 0.3) is 0 Å². The van der Waals surface area contributed by atoms with E-state index in [2.05, 4.69) is 52.6 Å². The highest BCUT2D eigenvalue weighted by Crippen LogP contribution is 2.33. The van der Waals surface area contributed by atoms with Crippen LogP contribution in [-0.4, -0.2) is 21.4 Å². The van der Waals surface area contributed by atoms with Crippen molar-refractivity contribution in [3.8, 4) is 17.0 Å². The monoisotopic (exact) mass is 545 g/mol. The van der Waals surface area contributed by atoms with Crippen LogP contribution in [0.25, 0.3) is 16.9 Å². The average Bonchev–Trinajstić information content (AvgIpc) is 3.22. The van der Waals surface area contributed by atoms with E-state index in [1.807, 2.05) is 60.7 Å². The highest BCUT2D eigenvalue weighted by atomic mass is 79.9. The van der Waals surface area contributed by atoms with Gasteiger partial charge >= 0.3 is 5.97 Å². The van der Waals surface area contributed by atoms with Crippen LogP contribution in [0.3, 0.4) is 0 Å². The Morgan fingerprint density at radius 3 is 2.33 bits per heavy atom. The van der Waals surface area contributed by atoms with Crippen LogP contribution in [0.4, 0.5) is 5.82 Å². The molecule has 2 aromatic heterocycles. The largest absolute Gasteiger partial charge is 0.423 e. The first-order chi connectivity index (χ1) is 17.3. The molecule has 0 amide bonds. The number of benzene rings is 2. The molecule has 0 spiro atoms. The van der Waals surface area contributed by atoms with Crippen LogP contribution in [0, 0.1) is 0 Å². The molecule has 6 heteroatoms. The molecule has 4 aromatic rings. The number of imidazole rings is 1. The Morgan fingerprint density at radius 2 is 1.67 bits per heavy atom. The van der Waals surface area contributed by atoms with Crippen LogP contribution in [0.15, 0.2) is 71.3 Å². The Hall–Kier alpha value is -3.12. The van der Waals surface area contributed by atoms with Gasteiger partial charge in [-0.3, -0.25) is 4.40 Å². The molecule has 1 fully saturated rings. The molecule has 1 aliphatic rings. The molecule has 2 aromatic carbocycles. The molecular formula is C30H32BrN3O2. The van der Waals surface area contributed by atoms with Crippen molar-refractivity contribution in [2.24, 2.45) is 0 Å². The number of esters is 1. The first-order valence-corrected chi connectivity index (χ1v) is 13.4. The minimum atomic E-state index is -0.361. The number of carbonyl (C=O) groups is 1. The molecule has 1 N–H and O–H groups in total. The summed E-state index contributed by atoms with van der Waals surface area (Å²) in [5.74, 6) is 1.15. The molecule has 0 bridgehead atoms. The van der Waals surface area contributed by atoms with Crippen LogP contribution in [0.1, 0.15) is 68.8 Å². The fourth-order valence-electron chi connectivity index (χ4n) is 4.75. The lowest BCUT2D eigenvalue weighted by atomic mass is 9.87. The average molecular weight is 547 g/mol. The van der Waals surface area contributed by atoms with Gasteiger partial charge in [0.05, 0.1) is 5.56 Å². The summed E-state index contributed by atoms with van der Waals surface area (Å²) in [6, 6.07) is 19.7. The lowest BCUT2D eigenvalue weighted by Gasteiger charge is -2.24. The third-order valence-corrected chi connectivity index (χ3v) is 7.32. The Kier molecular flexibility index (Phi) is 6.89. The van der Waals surface area contributed by atoms with E-state index in [4.69, 9.17) is 9.72 Å². The number of aromatic nitrogens is 2. The number of ether oxygens (including phenoxy) is 1. The van der Waals surface area contributed by atoms with E-state index < -0.39 is 0 Å². The van der Waals surface area contributed by atoms with Gasteiger partial charge in [0.2, 0.25) is 0 Å². The molecule has 5 rings (SSSR count). The third kappa shape index (κ3) is 5.34. The van der Waals surface area contributed by atoms with Crippen LogP contribution in [0.2, 0.25) is 0 Å². The number of rotatable bonds is 5. The zero-order valence-corrected chi connectivity index (χ0v) is 22.6. The summed E-state index contributed by atoms with van der Waals surface area (Å²) in [7, 11) is 0. The molecule has 0 unspecified atom stereocenters. The molecule has 36 heavy (non-hydrogen) atoms. The van der Waals surface area contributed by atoms with Gasteiger partial charge in [-0.1, -0.05) is 52.2 Å². The Morgan fingerprint density at radius 1 is 0.972 bits per heavy atom. The van der Waals surface area contributed by atoms with E-state index in [-0.39, 0.29) is 11.4 Å². The molecule has 0 aliphatic heterocycles. The number of anilines is 1. The number of hydrogen-bond donors (Lipinski definition) is 1. The molecule has 2 heterocycles. The lowest BCUT2D eigenvalue weighted by molar-refractivity contribution is 0.0734. The van der Waals surface area contributed by atoms with Gasteiger partial charge in [-0.15, -0.1) is 0 Å². The summed E-state index contributed by atoms with van der Waals surface area (Å²) in [5.41, 5.74) is 4.52. The maximum Gasteiger partial charge on any atom is 0.343 e. The summed E-state index contributed by atoms with van der Waals surface area (Å²) >= 11 is 3.60. The van der Waals surface area contributed by atoms with E-state index in [9.17, 15) is 4.79 Å². The summed E-state index contributed by atoms with van der Waals surface area (Å²) < 4.78 is 8.77. The second kappa shape index (κ2) is 10.1. The summed E-state index contributed by atoms with van der Waals surface area (Å²) in [4.78, 5) is 17.6. The summed E-state index contributed by atoms with van der Waals surface area (Å²) in [6.45, 7) is 6.46. The van der Waals surface area contributed by atoms with E-state index in [0.717, 1.165) is 27.2 Å². The first-order valence-electron chi connectivity index (χ1n) is 12.7. The van der Waals surface area contributed by atoms with E-state index in [1.165, 1.54) is 37.7 Å². The Balaban J connectivity index is 1.38. The third-order valence-electron chi connectivity index (χ3n) is 6.85. The topological polar surface area (TPSA) is 55.6 Å². The number of carbonyl (C=O) groups excluding carboxylic acids is 1. The number of halogens is 1. The maximum absolute atomic E-state index is 12.7. The molecular weight excluding hydrogens is 514 g/mol.